The largest absolute Gasteiger partial charge is 0.406 e. The fourth-order valence-electron chi connectivity index (χ4n) is 3.32. The molecule has 2 aliphatic carbocycles. The highest BCUT2D eigenvalue weighted by atomic mass is 19.4. The van der Waals surface area contributed by atoms with Gasteiger partial charge in [0.2, 0.25) is 0 Å². The first-order valence-corrected chi connectivity index (χ1v) is 7.40. The second-order valence-corrected chi connectivity index (χ2v) is 6.18. The zero-order chi connectivity index (χ0) is 14.2. The summed E-state index contributed by atoms with van der Waals surface area (Å²) in [5.41, 5.74) is -0.236. The molecule has 0 heterocycles. The highest BCUT2D eigenvalue weighted by Crippen LogP contribution is 2.50. The van der Waals surface area contributed by atoms with E-state index in [1.165, 1.54) is 5.56 Å². The maximum Gasteiger partial charge on any atom is 0.406 e. The number of alkyl halides is 3. The molecule has 0 bridgehead atoms. The summed E-state index contributed by atoms with van der Waals surface area (Å²) in [5.74, 6) is 0.510. The molecule has 1 N–H and O–H groups in total. The number of hydrogen-bond donors (Lipinski definition) is 1. The van der Waals surface area contributed by atoms with Crippen LogP contribution in [0.25, 0.3) is 0 Å². The monoisotopic (exact) mass is 283 g/mol. The van der Waals surface area contributed by atoms with Gasteiger partial charge in [0.15, 0.2) is 0 Å². The van der Waals surface area contributed by atoms with Crippen molar-refractivity contribution >= 4 is 0 Å². The van der Waals surface area contributed by atoms with Crippen molar-refractivity contribution < 1.29 is 13.2 Å². The van der Waals surface area contributed by atoms with Crippen LogP contribution in [0.1, 0.15) is 50.0 Å². The molecule has 110 valence electrons. The Labute approximate surface area is 117 Å². The normalized spacial score (nSPS) is 29.1. The molecule has 0 radical (unpaired) electrons. The molecular weight excluding hydrogens is 263 g/mol. The first-order valence-electron chi connectivity index (χ1n) is 7.40. The standard InChI is InChI=1S/C16H20F3N/c17-16(18,19)15(10-11-15)20-14-8-6-13(7-9-14)12-4-2-1-3-5-12/h1-5,13-14,20H,6-11H2. The van der Waals surface area contributed by atoms with Crippen LogP contribution in [0.2, 0.25) is 0 Å². The Morgan fingerprint density at radius 2 is 1.55 bits per heavy atom. The molecule has 20 heavy (non-hydrogen) atoms. The molecule has 0 spiro atoms. The topological polar surface area (TPSA) is 12.0 Å². The van der Waals surface area contributed by atoms with Crippen LogP contribution < -0.4 is 5.32 Å². The molecular formula is C16H20F3N. The SMILES string of the molecule is FC(F)(F)C1(NC2CCC(c3ccccc3)CC2)CC1. The van der Waals surface area contributed by atoms with Crippen molar-refractivity contribution in [2.24, 2.45) is 0 Å². The van der Waals surface area contributed by atoms with Gasteiger partial charge in [0, 0.05) is 6.04 Å². The van der Waals surface area contributed by atoms with Gasteiger partial charge in [0.1, 0.15) is 5.54 Å². The summed E-state index contributed by atoms with van der Waals surface area (Å²) in [5, 5.41) is 2.89. The second-order valence-electron chi connectivity index (χ2n) is 6.18. The van der Waals surface area contributed by atoms with Crippen molar-refractivity contribution in [3.8, 4) is 0 Å². The van der Waals surface area contributed by atoms with Crippen LogP contribution in [0.3, 0.4) is 0 Å². The zero-order valence-corrected chi connectivity index (χ0v) is 11.4. The quantitative estimate of drug-likeness (QED) is 0.867. The Bertz CT molecular complexity index is 443. The molecule has 0 saturated heterocycles. The molecule has 2 aliphatic rings. The number of nitrogens with one attached hydrogen (secondary N) is 1. The van der Waals surface area contributed by atoms with Crippen molar-refractivity contribution in [3.05, 3.63) is 35.9 Å². The summed E-state index contributed by atoms with van der Waals surface area (Å²) in [6, 6.07) is 10.3. The van der Waals surface area contributed by atoms with Gasteiger partial charge >= 0.3 is 6.18 Å². The first kappa shape index (κ1) is 13.9. The third-order valence-corrected chi connectivity index (χ3v) is 4.77. The van der Waals surface area contributed by atoms with E-state index in [2.05, 4.69) is 17.4 Å². The van der Waals surface area contributed by atoms with E-state index in [-0.39, 0.29) is 18.9 Å². The number of hydrogen-bond acceptors (Lipinski definition) is 1. The Hall–Kier alpha value is -1.03. The van der Waals surface area contributed by atoms with Crippen LogP contribution in [-0.2, 0) is 0 Å². The lowest BCUT2D eigenvalue weighted by Gasteiger charge is -2.33. The van der Waals surface area contributed by atoms with E-state index in [1.807, 2.05) is 18.2 Å². The first-order chi connectivity index (χ1) is 9.50. The number of benzene rings is 1. The van der Waals surface area contributed by atoms with Gasteiger partial charge in [-0.2, -0.15) is 13.2 Å². The molecule has 3 rings (SSSR count). The molecule has 1 nitrogen and oxygen atoms in total. The summed E-state index contributed by atoms with van der Waals surface area (Å²) in [6.45, 7) is 0. The predicted octanol–water partition coefficient (Wildman–Crippen LogP) is 4.40. The van der Waals surface area contributed by atoms with Gasteiger partial charge in [-0.25, -0.2) is 0 Å². The molecule has 4 heteroatoms. The predicted molar refractivity (Wildman–Crippen MR) is 72.6 cm³/mol. The van der Waals surface area contributed by atoms with Gasteiger partial charge in [-0.3, -0.25) is 0 Å². The van der Waals surface area contributed by atoms with Crippen LogP contribution >= 0.6 is 0 Å². The third-order valence-electron chi connectivity index (χ3n) is 4.77. The highest BCUT2D eigenvalue weighted by molar-refractivity contribution is 5.20. The molecule has 1 aromatic carbocycles. The fraction of sp³-hybridized carbons (Fsp3) is 0.625. The maximum atomic E-state index is 12.9. The highest BCUT2D eigenvalue weighted by Gasteiger charge is 2.63. The van der Waals surface area contributed by atoms with Crippen LogP contribution in [0, 0.1) is 0 Å². The van der Waals surface area contributed by atoms with E-state index in [0.29, 0.717) is 5.92 Å². The molecule has 2 saturated carbocycles. The van der Waals surface area contributed by atoms with Crippen molar-refractivity contribution in [3.63, 3.8) is 0 Å². The van der Waals surface area contributed by atoms with Gasteiger partial charge in [0.05, 0.1) is 0 Å². The summed E-state index contributed by atoms with van der Waals surface area (Å²) < 4.78 is 38.8. The van der Waals surface area contributed by atoms with E-state index < -0.39 is 11.7 Å². The third kappa shape index (κ3) is 2.71. The number of halogens is 3. The lowest BCUT2D eigenvalue weighted by Crippen LogP contribution is -2.50. The van der Waals surface area contributed by atoms with E-state index in [4.69, 9.17) is 0 Å². The van der Waals surface area contributed by atoms with Gasteiger partial charge in [-0.05, 0) is 50.0 Å². The molecule has 0 aliphatic heterocycles. The van der Waals surface area contributed by atoms with Crippen molar-refractivity contribution in [1.29, 1.82) is 0 Å². The number of rotatable bonds is 3. The minimum atomic E-state index is -4.09. The smallest absolute Gasteiger partial charge is 0.301 e. The Morgan fingerprint density at radius 1 is 0.950 bits per heavy atom. The summed E-state index contributed by atoms with van der Waals surface area (Å²) in [7, 11) is 0. The van der Waals surface area contributed by atoms with Crippen LogP contribution in [0.15, 0.2) is 30.3 Å². The fourth-order valence-corrected chi connectivity index (χ4v) is 3.32. The Kier molecular flexibility index (Phi) is 3.53. The van der Waals surface area contributed by atoms with Crippen LogP contribution in [-0.4, -0.2) is 17.8 Å². The zero-order valence-electron chi connectivity index (χ0n) is 11.4. The van der Waals surface area contributed by atoms with Crippen LogP contribution in [0.5, 0.6) is 0 Å². The van der Waals surface area contributed by atoms with Gasteiger partial charge in [-0.15, -0.1) is 0 Å². The van der Waals surface area contributed by atoms with E-state index in [0.717, 1.165) is 25.7 Å². The van der Waals surface area contributed by atoms with Gasteiger partial charge in [0.25, 0.3) is 0 Å². The van der Waals surface area contributed by atoms with Gasteiger partial charge < -0.3 is 5.32 Å². The molecule has 2 fully saturated rings. The van der Waals surface area contributed by atoms with Crippen molar-refractivity contribution in [1.82, 2.24) is 5.32 Å². The van der Waals surface area contributed by atoms with E-state index in [9.17, 15) is 13.2 Å². The molecule has 0 unspecified atom stereocenters. The second kappa shape index (κ2) is 5.06. The molecule has 0 atom stereocenters. The van der Waals surface area contributed by atoms with Crippen LogP contribution in [0.4, 0.5) is 13.2 Å². The average Bonchev–Trinajstić information content (AvgIpc) is 3.21. The molecule has 1 aromatic rings. The lowest BCUT2D eigenvalue weighted by molar-refractivity contribution is -0.168. The summed E-state index contributed by atoms with van der Waals surface area (Å²) >= 11 is 0. The van der Waals surface area contributed by atoms with Crippen molar-refractivity contribution in [2.45, 2.75) is 62.2 Å². The van der Waals surface area contributed by atoms with Crippen molar-refractivity contribution in [2.75, 3.05) is 0 Å². The summed E-state index contributed by atoms with van der Waals surface area (Å²) in [6.07, 6.45) is 0.0491. The summed E-state index contributed by atoms with van der Waals surface area (Å²) in [4.78, 5) is 0. The minimum Gasteiger partial charge on any atom is -0.301 e. The van der Waals surface area contributed by atoms with E-state index >= 15 is 0 Å². The Morgan fingerprint density at radius 3 is 2.05 bits per heavy atom. The lowest BCUT2D eigenvalue weighted by atomic mass is 9.81. The molecule has 0 aromatic heterocycles. The maximum absolute atomic E-state index is 12.9. The minimum absolute atomic E-state index is 0.0269. The Balaban J connectivity index is 1.55. The molecule has 0 amide bonds. The average molecular weight is 283 g/mol. The van der Waals surface area contributed by atoms with Gasteiger partial charge in [-0.1, -0.05) is 30.3 Å². The van der Waals surface area contributed by atoms with E-state index in [1.54, 1.807) is 0 Å².